The molecule has 0 spiro atoms. The Morgan fingerprint density at radius 3 is 2.36 bits per heavy atom. The van der Waals surface area contributed by atoms with Crippen LogP contribution in [0.15, 0.2) is 24.3 Å². The quantitative estimate of drug-likeness (QED) is 0.677. The molecular weight excluding hydrogens is 183 g/mol. The third-order valence-electron chi connectivity index (χ3n) is 1.76. The Morgan fingerprint density at radius 1 is 1.21 bits per heavy atom. The zero-order valence-corrected chi connectivity index (χ0v) is 8.50. The van der Waals surface area contributed by atoms with Gasteiger partial charge in [0.15, 0.2) is 6.29 Å². The number of hydrogen-bond acceptors (Lipinski definition) is 2. The number of rotatable bonds is 5. The lowest BCUT2D eigenvalue weighted by Crippen LogP contribution is -2.08. The highest BCUT2D eigenvalue weighted by molar-refractivity contribution is 5.17. The maximum Gasteiger partial charge on any atom is 0.183 e. The molecule has 3 heteroatoms. The molecule has 0 aliphatic rings. The molecule has 0 atom stereocenters. The summed E-state index contributed by atoms with van der Waals surface area (Å²) >= 11 is 0. The smallest absolute Gasteiger partial charge is 0.183 e. The summed E-state index contributed by atoms with van der Waals surface area (Å²) in [7, 11) is 0. The van der Waals surface area contributed by atoms with Gasteiger partial charge in [-0.1, -0.05) is 12.1 Å². The highest BCUT2D eigenvalue weighted by Gasteiger charge is 2.11. The second-order valence-corrected chi connectivity index (χ2v) is 2.80. The van der Waals surface area contributed by atoms with Crippen LogP contribution in [0.2, 0.25) is 0 Å². The Hall–Kier alpha value is -0.930. The fourth-order valence-electron chi connectivity index (χ4n) is 1.20. The molecule has 0 aliphatic heterocycles. The summed E-state index contributed by atoms with van der Waals surface area (Å²) in [4.78, 5) is 0. The molecule has 0 heterocycles. The van der Waals surface area contributed by atoms with E-state index in [9.17, 15) is 4.39 Å². The van der Waals surface area contributed by atoms with Gasteiger partial charge in [0.05, 0.1) is 0 Å². The monoisotopic (exact) mass is 198 g/mol. The first-order valence-corrected chi connectivity index (χ1v) is 4.76. The molecule has 14 heavy (non-hydrogen) atoms. The van der Waals surface area contributed by atoms with Crippen molar-refractivity contribution in [3.63, 3.8) is 0 Å². The minimum atomic E-state index is -0.458. The largest absolute Gasteiger partial charge is 0.349 e. The molecule has 1 rings (SSSR count). The molecule has 0 unspecified atom stereocenters. The van der Waals surface area contributed by atoms with Crippen molar-refractivity contribution in [2.45, 2.75) is 20.1 Å². The molecular formula is C11H15FO2. The first-order valence-electron chi connectivity index (χ1n) is 4.76. The van der Waals surface area contributed by atoms with Crippen LogP contribution >= 0.6 is 0 Å². The minimum Gasteiger partial charge on any atom is -0.349 e. The number of benzene rings is 1. The molecule has 78 valence electrons. The summed E-state index contributed by atoms with van der Waals surface area (Å²) in [6.07, 6.45) is -0.458. The van der Waals surface area contributed by atoms with E-state index in [2.05, 4.69) is 0 Å². The van der Waals surface area contributed by atoms with Crippen LogP contribution in [0.5, 0.6) is 0 Å². The van der Waals surface area contributed by atoms with Crippen LogP contribution in [-0.4, -0.2) is 13.2 Å². The third kappa shape index (κ3) is 3.09. The van der Waals surface area contributed by atoms with Gasteiger partial charge in [0.25, 0.3) is 0 Å². The van der Waals surface area contributed by atoms with Crippen molar-refractivity contribution in [3.05, 3.63) is 35.6 Å². The van der Waals surface area contributed by atoms with Crippen LogP contribution in [-0.2, 0) is 9.47 Å². The third-order valence-corrected chi connectivity index (χ3v) is 1.76. The summed E-state index contributed by atoms with van der Waals surface area (Å²) in [5.41, 5.74) is 0.716. The molecule has 0 amide bonds. The Morgan fingerprint density at radius 2 is 1.86 bits per heavy atom. The van der Waals surface area contributed by atoms with E-state index in [0.29, 0.717) is 18.8 Å². The van der Waals surface area contributed by atoms with Gasteiger partial charge < -0.3 is 9.47 Å². The highest BCUT2D eigenvalue weighted by Crippen LogP contribution is 2.19. The van der Waals surface area contributed by atoms with Crippen LogP contribution < -0.4 is 0 Å². The van der Waals surface area contributed by atoms with E-state index in [1.54, 1.807) is 12.1 Å². The van der Waals surface area contributed by atoms with Gasteiger partial charge in [-0.15, -0.1) is 0 Å². The van der Waals surface area contributed by atoms with Gasteiger partial charge in [-0.05, 0) is 26.0 Å². The average Bonchev–Trinajstić information content (AvgIpc) is 2.17. The Labute approximate surface area is 83.6 Å². The zero-order chi connectivity index (χ0) is 10.4. The lowest BCUT2D eigenvalue weighted by atomic mass is 10.2. The summed E-state index contributed by atoms with van der Waals surface area (Å²) in [5, 5.41) is 0. The number of ether oxygens (including phenoxy) is 2. The number of halogens is 1. The van der Waals surface area contributed by atoms with E-state index in [-0.39, 0.29) is 5.82 Å². The van der Waals surface area contributed by atoms with Gasteiger partial charge in [0.1, 0.15) is 5.82 Å². The lowest BCUT2D eigenvalue weighted by molar-refractivity contribution is -0.140. The lowest BCUT2D eigenvalue weighted by Gasteiger charge is -2.16. The predicted octanol–water partition coefficient (Wildman–Crippen LogP) is 2.90. The average molecular weight is 198 g/mol. The molecule has 1 aromatic rings. The summed E-state index contributed by atoms with van der Waals surface area (Å²) in [5.74, 6) is -0.271. The minimum absolute atomic E-state index is 0.271. The van der Waals surface area contributed by atoms with E-state index in [4.69, 9.17) is 9.47 Å². The molecule has 2 nitrogen and oxygen atoms in total. The first kappa shape index (κ1) is 11.1. The van der Waals surface area contributed by atoms with Gasteiger partial charge in [-0.25, -0.2) is 4.39 Å². The van der Waals surface area contributed by atoms with Gasteiger partial charge in [-0.3, -0.25) is 0 Å². The van der Waals surface area contributed by atoms with Crippen molar-refractivity contribution in [2.24, 2.45) is 0 Å². The molecule has 0 aromatic heterocycles. The molecule has 0 radical (unpaired) electrons. The molecule has 0 N–H and O–H groups in total. The van der Waals surface area contributed by atoms with Crippen LogP contribution in [0.4, 0.5) is 4.39 Å². The Kier molecular flexibility index (Phi) is 4.56. The van der Waals surface area contributed by atoms with Crippen molar-refractivity contribution in [1.82, 2.24) is 0 Å². The van der Waals surface area contributed by atoms with Crippen LogP contribution in [0.3, 0.4) is 0 Å². The van der Waals surface area contributed by atoms with Crippen LogP contribution in [0, 0.1) is 5.82 Å². The summed E-state index contributed by atoms with van der Waals surface area (Å²) < 4.78 is 23.6. The molecule has 1 aromatic carbocycles. The maximum absolute atomic E-state index is 12.9. The summed E-state index contributed by atoms with van der Waals surface area (Å²) in [6, 6.07) is 6.27. The molecule has 0 saturated carbocycles. The van der Waals surface area contributed by atoms with Gasteiger partial charge >= 0.3 is 0 Å². The van der Waals surface area contributed by atoms with E-state index in [0.717, 1.165) is 0 Å². The van der Waals surface area contributed by atoms with Gasteiger partial charge in [0, 0.05) is 18.8 Å². The van der Waals surface area contributed by atoms with Gasteiger partial charge in [-0.2, -0.15) is 0 Å². The van der Waals surface area contributed by atoms with E-state index < -0.39 is 6.29 Å². The SMILES string of the molecule is CCOC(OCC)c1cccc(F)c1. The molecule has 0 saturated heterocycles. The Balaban J connectivity index is 2.75. The predicted molar refractivity (Wildman–Crippen MR) is 52.4 cm³/mol. The van der Waals surface area contributed by atoms with Crippen molar-refractivity contribution in [3.8, 4) is 0 Å². The van der Waals surface area contributed by atoms with Crippen molar-refractivity contribution < 1.29 is 13.9 Å². The standard InChI is InChI=1S/C11H15FO2/c1-3-13-11(14-4-2)9-6-5-7-10(12)8-9/h5-8,11H,3-4H2,1-2H3. The fraction of sp³-hybridized carbons (Fsp3) is 0.455. The molecule has 0 fully saturated rings. The second-order valence-electron chi connectivity index (χ2n) is 2.80. The van der Waals surface area contributed by atoms with Crippen LogP contribution in [0.25, 0.3) is 0 Å². The van der Waals surface area contributed by atoms with Crippen LogP contribution in [0.1, 0.15) is 25.7 Å². The van der Waals surface area contributed by atoms with Crippen molar-refractivity contribution in [2.75, 3.05) is 13.2 Å². The highest BCUT2D eigenvalue weighted by atomic mass is 19.1. The topological polar surface area (TPSA) is 18.5 Å². The fourth-order valence-corrected chi connectivity index (χ4v) is 1.20. The first-order chi connectivity index (χ1) is 6.77. The maximum atomic E-state index is 12.9. The van der Waals surface area contributed by atoms with E-state index in [1.807, 2.05) is 13.8 Å². The second kappa shape index (κ2) is 5.73. The molecule has 0 aliphatic carbocycles. The van der Waals surface area contributed by atoms with E-state index >= 15 is 0 Å². The van der Waals surface area contributed by atoms with Gasteiger partial charge in [0.2, 0.25) is 0 Å². The van der Waals surface area contributed by atoms with Crippen molar-refractivity contribution in [1.29, 1.82) is 0 Å². The zero-order valence-electron chi connectivity index (χ0n) is 8.50. The molecule has 0 bridgehead atoms. The normalized spacial score (nSPS) is 10.9. The van der Waals surface area contributed by atoms with Crippen molar-refractivity contribution >= 4 is 0 Å². The Bertz CT molecular complexity index is 270. The summed E-state index contributed by atoms with van der Waals surface area (Å²) in [6.45, 7) is 4.85. The number of hydrogen-bond donors (Lipinski definition) is 0. The van der Waals surface area contributed by atoms with E-state index in [1.165, 1.54) is 12.1 Å².